The molecule has 2 spiro atoms. The zero-order valence-electron chi connectivity index (χ0n) is 18.8. The maximum absolute atomic E-state index is 14.3. The summed E-state index contributed by atoms with van der Waals surface area (Å²) in [6.07, 6.45) is 4.96. The Labute approximate surface area is 205 Å². The first kappa shape index (κ1) is 22.7. The van der Waals surface area contributed by atoms with Gasteiger partial charge in [0.05, 0.1) is 33.0 Å². The van der Waals surface area contributed by atoms with E-state index in [0.717, 1.165) is 49.3 Å². The highest BCUT2D eigenvalue weighted by molar-refractivity contribution is 7.90. The Kier molecular flexibility index (Phi) is 4.94. The Morgan fingerprint density at radius 2 is 1.85 bits per heavy atom. The van der Waals surface area contributed by atoms with E-state index in [4.69, 9.17) is 16.3 Å². The van der Waals surface area contributed by atoms with Gasteiger partial charge < -0.3 is 9.64 Å². The van der Waals surface area contributed by atoms with Crippen molar-refractivity contribution in [1.82, 2.24) is 9.19 Å². The molecule has 3 heterocycles. The van der Waals surface area contributed by atoms with Gasteiger partial charge >= 0.3 is 0 Å². The van der Waals surface area contributed by atoms with E-state index in [2.05, 4.69) is 19.2 Å². The Hall–Kier alpha value is -1.73. The summed E-state index contributed by atoms with van der Waals surface area (Å²) < 4.78 is 48.7. The van der Waals surface area contributed by atoms with E-state index in [-0.39, 0.29) is 16.0 Å². The summed E-state index contributed by atoms with van der Waals surface area (Å²) in [7, 11) is -1.91. The van der Waals surface area contributed by atoms with Gasteiger partial charge in [-0.3, -0.25) is 0 Å². The third-order valence-corrected chi connectivity index (χ3v) is 9.86. The molecule has 1 aliphatic carbocycles. The third-order valence-electron chi connectivity index (χ3n) is 7.61. The molecule has 3 atom stereocenters. The van der Waals surface area contributed by atoms with Crippen LogP contribution in [0.3, 0.4) is 0 Å². The van der Waals surface area contributed by atoms with Crippen molar-refractivity contribution in [3.05, 3.63) is 53.1 Å². The highest BCUT2D eigenvalue weighted by Gasteiger charge is 2.59. The number of halogens is 2. The quantitative estimate of drug-likeness (QED) is 0.440. The standard InChI is InChI=1S/C24H26ClFN3O3PS/c1-22(26,33)16-5-7-17(8-6-16)34(30,31)29-19-4-2-3-18(25)20(19)21(27-29)28-13-11-24(12-14-32-24)15-23(28)9-10-23/h2-8H,9-15,33H2,1H3. The first-order valence-corrected chi connectivity index (χ1v) is 13.9. The number of nitrogens with zero attached hydrogens (tertiary/aromatic N) is 3. The number of ether oxygens (including phenoxy) is 1. The van der Waals surface area contributed by atoms with Crippen LogP contribution in [0.15, 0.2) is 47.4 Å². The monoisotopic (exact) mass is 521 g/mol. The minimum absolute atomic E-state index is 0.0362. The summed E-state index contributed by atoms with van der Waals surface area (Å²) in [5.41, 5.74) is 0.719. The van der Waals surface area contributed by atoms with Crippen molar-refractivity contribution in [2.75, 3.05) is 18.1 Å². The highest BCUT2D eigenvalue weighted by atomic mass is 35.5. The molecule has 0 amide bonds. The second kappa shape index (κ2) is 7.39. The second-order valence-corrected chi connectivity index (χ2v) is 13.2. The van der Waals surface area contributed by atoms with E-state index in [1.165, 1.54) is 31.2 Å². The lowest BCUT2D eigenvalue weighted by Crippen LogP contribution is -2.58. The Morgan fingerprint density at radius 3 is 2.44 bits per heavy atom. The van der Waals surface area contributed by atoms with Crippen molar-refractivity contribution in [3.8, 4) is 0 Å². The van der Waals surface area contributed by atoms with Crippen molar-refractivity contribution in [2.45, 2.75) is 60.5 Å². The lowest BCUT2D eigenvalue weighted by atomic mass is 9.79. The fourth-order valence-electron chi connectivity index (χ4n) is 5.49. The maximum Gasteiger partial charge on any atom is 0.283 e. The molecule has 34 heavy (non-hydrogen) atoms. The molecule has 3 fully saturated rings. The Morgan fingerprint density at radius 1 is 1.15 bits per heavy atom. The number of alkyl halides is 1. The molecule has 6 nitrogen and oxygen atoms in total. The van der Waals surface area contributed by atoms with Gasteiger partial charge in [-0.15, -0.1) is 5.10 Å². The average Bonchev–Trinajstić information content (AvgIpc) is 3.40. The number of hydrogen-bond donors (Lipinski definition) is 0. The molecule has 0 N–H and O–H groups in total. The van der Waals surface area contributed by atoms with Gasteiger partial charge in [-0.2, -0.15) is 12.5 Å². The summed E-state index contributed by atoms with van der Waals surface area (Å²) in [6.45, 7) is 2.96. The Balaban J connectivity index is 1.46. The molecule has 3 aromatic rings. The van der Waals surface area contributed by atoms with Crippen LogP contribution in [-0.2, 0) is 20.2 Å². The minimum Gasteiger partial charge on any atom is -0.375 e. The van der Waals surface area contributed by atoms with Crippen molar-refractivity contribution in [1.29, 1.82) is 0 Å². The van der Waals surface area contributed by atoms with Gasteiger partial charge in [0.1, 0.15) is 5.41 Å². The molecule has 2 saturated heterocycles. The zero-order valence-corrected chi connectivity index (χ0v) is 21.5. The van der Waals surface area contributed by atoms with Crippen molar-refractivity contribution in [3.63, 3.8) is 0 Å². The van der Waals surface area contributed by atoms with E-state index in [1.807, 2.05) is 0 Å². The molecular weight excluding hydrogens is 496 g/mol. The van der Waals surface area contributed by atoms with Crippen LogP contribution in [-0.4, -0.2) is 41.9 Å². The van der Waals surface area contributed by atoms with Gasteiger partial charge in [-0.25, -0.2) is 4.39 Å². The molecule has 1 saturated carbocycles. The first-order chi connectivity index (χ1) is 16.0. The second-order valence-electron chi connectivity index (χ2n) is 9.99. The fraction of sp³-hybridized carbons (Fsp3) is 0.458. The number of fused-ring (bicyclic) bond motifs is 1. The SMILES string of the molecule is CC(F)(P)c1ccc(S(=O)(=O)n2nc(N3CCC4(CCO4)CC34CC4)c3c(Cl)cccc32)cc1. The highest BCUT2D eigenvalue weighted by Crippen LogP contribution is 2.57. The van der Waals surface area contributed by atoms with Gasteiger partial charge in [-0.1, -0.05) is 39.0 Å². The summed E-state index contributed by atoms with van der Waals surface area (Å²) in [5, 5.41) is 4.14. The number of anilines is 1. The lowest BCUT2D eigenvalue weighted by molar-refractivity contribution is -0.166. The van der Waals surface area contributed by atoms with Crippen LogP contribution in [0, 0.1) is 0 Å². The van der Waals surface area contributed by atoms with Gasteiger partial charge in [-0.05, 0) is 68.9 Å². The summed E-state index contributed by atoms with van der Waals surface area (Å²) in [4.78, 5) is 2.30. The lowest BCUT2D eigenvalue weighted by Gasteiger charge is -2.52. The van der Waals surface area contributed by atoms with Crippen molar-refractivity contribution in [2.24, 2.45) is 0 Å². The van der Waals surface area contributed by atoms with E-state index < -0.39 is 15.4 Å². The summed E-state index contributed by atoms with van der Waals surface area (Å²) in [5.74, 6) is 0.605. The summed E-state index contributed by atoms with van der Waals surface area (Å²) >= 11 is 6.63. The number of rotatable bonds is 4. The van der Waals surface area contributed by atoms with Crippen LogP contribution in [0.5, 0.6) is 0 Å². The van der Waals surface area contributed by atoms with Crippen LogP contribution in [0.2, 0.25) is 5.02 Å². The first-order valence-electron chi connectivity index (χ1n) is 11.5. The number of benzene rings is 2. The van der Waals surface area contributed by atoms with Gasteiger partial charge in [0.15, 0.2) is 5.82 Å². The predicted octanol–water partition coefficient (Wildman–Crippen LogP) is 5.24. The van der Waals surface area contributed by atoms with E-state index in [0.29, 0.717) is 27.3 Å². The molecule has 0 radical (unpaired) electrons. The van der Waals surface area contributed by atoms with Crippen LogP contribution >= 0.6 is 20.8 Å². The molecule has 180 valence electrons. The molecular formula is C24H26ClFN3O3PS. The number of aromatic nitrogens is 2. The van der Waals surface area contributed by atoms with Gasteiger partial charge in [0.25, 0.3) is 10.0 Å². The average molecular weight is 522 g/mol. The smallest absolute Gasteiger partial charge is 0.283 e. The number of piperidine rings is 1. The number of hydrogen-bond acceptors (Lipinski definition) is 5. The molecule has 0 bridgehead atoms. The van der Waals surface area contributed by atoms with Crippen LogP contribution < -0.4 is 4.90 Å². The third kappa shape index (κ3) is 3.41. The zero-order chi connectivity index (χ0) is 23.9. The molecule has 1 aromatic heterocycles. The Bertz CT molecular complexity index is 1390. The van der Waals surface area contributed by atoms with E-state index >= 15 is 0 Å². The topological polar surface area (TPSA) is 64.4 Å². The van der Waals surface area contributed by atoms with Crippen LogP contribution in [0.1, 0.15) is 44.6 Å². The minimum atomic E-state index is -4.03. The maximum atomic E-state index is 14.3. The van der Waals surface area contributed by atoms with Gasteiger partial charge in [0.2, 0.25) is 0 Å². The van der Waals surface area contributed by atoms with Crippen molar-refractivity contribution >= 4 is 47.6 Å². The predicted molar refractivity (Wildman–Crippen MR) is 134 cm³/mol. The largest absolute Gasteiger partial charge is 0.375 e. The molecule has 10 heteroatoms. The van der Waals surface area contributed by atoms with Crippen LogP contribution in [0.25, 0.3) is 10.9 Å². The van der Waals surface area contributed by atoms with Crippen molar-refractivity contribution < 1.29 is 17.5 Å². The molecule has 2 aromatic carbocycles. The van der Waals surface area contributed by atoms with Crippen LogP contribution in [0.4, 0.5) is 10.2 Å². The normalized spacial score (nSPS) is 25.5. The molecule has 2 aliphatic heterocycles. The molecule has 3 aliphatic rings. The van der Waals surface area contributed by atoms with E-state index in [9.17, 15) is 12.8 Å². The van der Waals surface area contributed by atoms with E-state index in [1.54, 1.807) is 18.2 Å². The summed E-state index contributed by atoms with van der Waals surface area (Å²) in [6, 6.07) is 11.0. The fourth-order valence-corrected chi connectivity index (χ4v) is 7.22. The molecule has 6 rings (SSSR count). The van der Waals surface area contributed by atoms with Gasteiger partial charge in [0, 0.05) is 12.1 Å². The molecule has 3 unspecified atom stereocenters.